The molecule has 0 bridgehead atoms. The molecule has 3 heterocycles. The maximum Gasteiger partial charge on any atom is 0.379 e. The van der Waals surface area contributed by atoms with Crippen LogP contribution < -0.4 is 14.2 Å². The molecular weight excluding hydrogens is 422 g/mol. The number of aromatic nitrogens is 1. The molecule has 0 N–H and O–H groups in total. The molecule has 7 nitrogen and oxygen atoms in total. The van der Waals surface area contributed by atoms with Gasteiger partial charge in [0.05, 0.1) is 18.9 Å². The SMILES string of the molecule is CCn1cc(C=C2Oc3c(ccc(OC(=O)c4ccco4)c3C)C2=O)c2cc(OC)ccc21. The third kappa shape index (κ3) is 3.47. The Morgan fingerprint density at radius 2 is 2.03 bits per heavy atom. The van der Waals surface area contributed by atoms with Crippen molar-refractivity contribution in [1.29, 1.82) is 0 Å². The Kier molecular flexibility index (Phi) is 5.01. The number of fused-ring (bicyclic) bond motifs is 2. The van der Waals surface area contributed by atoms with Crippen LogP contribution in [0.4, 0.5) is 0 Å². The number of rotatable bonds is 5. The molecule has 0 spiro atoms. The number of nitrogens with zero attached hydrogens (tertiary/aromatic N) is 1. The van der Waals surface area contributed by atoms with Gasteiger partial charge in [0.1, 0.15) is 17.2 Å². The first-order valence-corrected chi connectivity index (χ1v) is 10.5. The van der Waals surface area contributed by atoms with Crippen LogP contribution >= 0.6 is 0 Å². The van der Waals surface area contributed by atoms with Crippen molar-refractivity contribution in [3.8, 4) is 17.2 Å². The van der Waals surface area contributed by atoms with Gasteiger partial charge in [0.25, 0.3) is 0 Å². The van der Waals surface area contributed by atoms with Gasteiger partial charge in [-0.05, 0) is 62.4 Å². The third-order valence-corrected chi connectivity index (χ3v) is 5.71. The molecule has 5 rings (SSSR count). The number of ether oxygens (including phenoxy) is 3. The van der Waals surface area contributed by atoms with Crippen LogP contribution in [-0.2, 0) is 6.54 Å². The fraction of sp³-hybridized carbons (Fsp3) is 0.154. The highest BCUT2D eigenvalue weighted by molar-refractivity contribution is 6.15. The van der Waals surface area contributed by atoms with E-state index in [2.05, 4.69) is 11.5 Å². The van der Waals surface area contributed by atoms with Gasteiger partial charge < -0.3 is 23.2 Å². The van der Waals surface area contributed by atoms with E-state index < -0.39 is 5.97 Å². The summed E-state index contributed by atoms with van der Waals surface area (Å²) in [5.74, 6) is 0.874. The summed E-state index contributed by atoms with van der Waals surface area (Å²) >= 11 is 0. The number of carbonyl (C=O) groups is 2. The van der Waals surface area contributed by atoms with Crippen molar-refractivity contribution in [2.45, 2.75) is 20.4 Å². The number of Topliss-reactive ketones (excluding diaryl/α,β-unsaturated/α-hetero) is 1. The average Bonchev–Trinajstić information content (AvgIpc) is 3.55. The van der Waals surface area contributed by atoms with Crippen molar-refractivity contribution >= 4 is 28.7 Å². The number of aryl methyl sites for hydroxylation is 1. The zero-order valence-corrected chi connectivity index (χ0v) is 18.4. The van der Waals surface area contributed by atoms with E-state index in [1.165, 1.54) is 12.3 Å². The Hall–Kier alpha value is -4.26. The summed E-state index contributed by atoms with van der Waals surface area (Å²) in [6.45, 7) is 4.58. The van der Waals surface area contributed by atoms with Gasteiger partial charge >= 0.3 is 5.97 Å². The van der Waals surface area contributed by atoms with Crippen LogP contribution in [-0.4, -0.2) is 23.4 Å². The molecule has 1 aliphatic rings. The van der Waals surface area contributed by atoms with Crippen molar-refractivity contribution in [3.63, 3.8) is 0 Å². The molecule has 0 fully saturated rings. The van der Waals surface area contributed by atoms with Gasteiger partial charge in [0.2, 0.25) is 11.5 Å². The molecule has 1 aliphatic heterocycles. The second-order valence-electron chi connectivity index (χ2n) is 7.63. The molecule has 0 atom stereocenters. The predicted octanol–water partition coefficient (Wildman–Crippen LogP) is 5.41. The number of carbonyl (C=O) groups excluding carboxylic acids is 2. The lowest BCUT2D eigenvalue weighted by molar-refractivity contribution is 0.0699. The van der Waals surface area contributed by atoms with Gasteiger partial charge in [0.15, 0.2) is 5.76 Å². The lowest BCUT2D eigenvalue weighted by Crippen LogP contribution is -2.08. The van der Waals surface area contributed by atoms with Crippen LogP contribution in [0.3, 0.4) is 0 Å². The fourth-order valence-corrected chi connectivity index (χ4v) is 3.97. The molecule has 7 heteroatoms. The first kappa shape index (κ1) is 20.6. The number of ketones is 1. The molecule has 0 radical (unpaired) electrons. The largest absolute Gasteiger partial charge is 0.497 e. The normalized spacial score (nSPS) is 13.9. The minimum absolute atomic E-state index is 0.0928. The van der Waals surface area contributed by atoms with E-state index in [0.29, 0.717) is 22.6 Å². The molecule has 0 aliphatic carbocycles. The summed E-state index contributed by atoms with van der Waals surface area (Å²) in [4.78, 5) is 25.3. The highest BCUT2D eigenvalue weighted by Crippen LogP contribution is 2.40. The number of hydrogen-bond acceptors (Lipinski definition) is 6. The Morgan fingerprint density at radius 3 is 2.76 bits per heavy atom. The van der Waals surface area contributed by atoms with Crippen LogP contribution in [0.2, 0.25) is 0 Å². The highest BCUT2D eigenvalue weighted by atomic mass is 16.5. The van der Waals surface area contributed by atoms with E-state index in [4.69, 9.17) is 18.6 Å². The average molecular weight is 443 g/mol. The molecule has 0 saturated carbocycles. The number of methoxy groups -OCH3 is 1. The summed E-state index contributed by atoms with van der Waals surface area (Å²) in [6.07, 6.45) is 5.13. The number of furan rings is 1. The monoisotopic (exact) mass is 443 g/mol. The maximum absolute atomic E-state index is 13.1. The number of allylic oxidation sites excluding steroid dienone is 1. The summed E-state index contributed by atoms with van der Waals surface area (Å²) in [5.41, 5.74) is 2.87. The van der Waals surface area contributed by atoms with Gasteiger partial charge in [-0.25, -0.2) is 4.79 Å². The van der Waals surface area contributed by atoms with Crippen molar-refractivity contribution in [2.24, 2.45) is 0 Å². The van der Waals surface area contributed by atoms with Crippen molar-refractivity contribution < 1.29 is 28.2 Å². The lowest BCUT2D eigenvalue weighted by Gasteiger charge is -2.09. The minimum atomic E-state index is -0.621. The lowest BCUT2D eigenvalue weighted by atomic mass is 10.1. The summed E-state index contributed by atoms with van der Waals surface area (Å²) in [7, 11) is 1.62. The van der Waals surface area contributed by atoms with Gasteiger partial charge in [-0.2, -0.15) is 0 Å². The van der Waals surface area contributed by atoms with Crippen LogP contribution in [0.5, 0.6) is 17.2 Å². The first-order valence-electron chi connectivity index (χ1n) is 10.5. The van der Waals surface area contributed by atoms with Crippen molar-refractivity contribution in [2.75, 3.05) is 7.11 Å². The van der Waals surface area contributed by atoms with Gasteiger partial charge in [-0.15, -0.1) is 0 Å². The zero-order chi connectivity index (χ0) is 23.1. The van der Waals surface area contributed by atoms with E-state index in [0.717, 1.165) is 28.8 Å². The molecule has 166 valence electrons. The quantitative estimate of drug-likeness (QED) is 0.233. The first-order chi connectivity index (χ1) is 16.0. The van der Waals surface area contributed by atoms with Crippen LogP contribution in [0, 0.1) is 6.92 Å². The highest BCUT2D eigenvalue weighted by Gasteiger charge is 2.31. The van der Waals surface area contributed by atoms with Crippen LogP contribution in [0.15, 0.2) is 65.1 Å². The predicted molar refractivity (Wildman–Crippen MR) is 122 cm³/mol. The summed E-state index contributed by atoms with van der Waals surface area (Å²) < 4.78 is 24.0. The molecule has 33 heavy (non-hydrogen) atoms. The molecule has 4 aromatic rings. The summed E-state index contributed by atoms with van der Waals surface area (Å²) in [6, 6.07) is 12.2. The Bertz CT molecular complexity index is 1430. The van der Waals surface area contributed by atoms with E-state index in [1.807, 2.05) is 24.4 Å². The molecule has 0 amide bonds. The van der Waals surface area contributed by atoms with Gasteiger partial charge in [0, 0.05) is 34.8 Å². The smallest absolute Gasteiger partial charge is 0.379 e. The Morgan fingerprint density at radius 1 is 1.18 bits per heavy atom. The van der Waals surface area contributed by atoms with Crippen LogP contribution in [0.1, 0.15) is 39.0 Å². The van der Waals surface area contributed by atoms with E-state index in [1.54, 1.807) is 38.3 Å². The zero-order valence-electron chi connectivity index (χ0n) is 18.4. The second-order valence-corrected chi connectivity index (χ2v) is 7.63. The fourth-order valence-electron chi connectivity index (χ4n) is 3.97. The number of benzene rings is 2. The van der Waals surface area contributed by atoms with E-state index in [-0.39, 0.29) is 17.3 Å². The van der Waals surface area contributed by atoms with Crippen LogP contribution in [0.25, 0.3) is 17.0 Å². The standard InChI is InChI=1S/C26H21NO6/c1-4-27-14-16(19-13-17(30-3)7-9-20(19)27)12-23-24(28)18-8-10-21(15(2)25(18)32-23)33-26(29)22-6-5-11-31-22/h5-14H,4H2,1-3H3. The third-order valence-electron chi connectivity index (χ3n) is 5.71. The van der Waals surface area contributed by atoms with E-state index in [9.17, 15) is 9.59 Å². The van der Waals surface area contributed by atoms with Crippen molar-refractivity contribution in [3.05, 3.63) is 83.1 Å². The molecule has 0 saturated heterocycles. The topological polar surface area (TPSA) is 79.9 Å². The number of hydrogen-bond donors (Lipinski definition) is 0. The Labute approximate surface area is 189 Å². The van der Waals surface area contributed by atoms with E-state index >= 15 is 0 Å². The molecular formula is C26H21NO6. The van der Waals surface area contributed by atoms with Gasteiger partial charge in [-0.1, -0.05) is 0 Å². The molecule has 0 unspecified atom stereocenters. The van der Waals surface area contributed by atoms with Gasteiger partial charge in [-0.3, -0.25) is 4.79 Å². The number of esters is 1. The minimum Gasteiger partial charge on any atom is -0.497 e. The molecule has 2 aromatic carbocycles. The van der Waals surface area contributed by atoms with Crippen molar-refractivity contribution in [1.82, 2.24) is 4.57 Å². The molecule has 2 aromatic heterocycles. The maximum atomic E-state index is 13.1. The Balaban J connectivity index is 1.50. The summed E-state index contributed by atoms with van der Waals surface area (Å²) in [5, 5.41) is 0.959. The second kappa shape index (κ2) is 8.02.